The highest BCUT2D eigenvalue weighted by molar-refractivity contribution is 7.99. The molecule has 5 saturated carbocycles. The Balaban J connectivity index is 1.20. The lowest BCUT2D eigenvalue weighted by molar-refractivity contribution is -0.124. The smallest absolute Gasteiger partial charge is 0.230 e. The second-order valence-electron chi connectivity index (χ2n) is 8.52. The molecule has 130 valence electrons. The van der Waals surface area contributed by atoms with Gasteiger partial charge in [-0.25, -0.2) is 4.68 Å². The summed E-state index contributed by atoms with van der Waals surface area (Å²) in [5, 5.41) is 12.4. The van der Waals surface area contributed by atoms with Crippen LogP contribution in [0.2, 0.25) is 0 Å². The second kappa shape index (κ2) is 5.38. The van der Waals surface area contributed by atoms with Crippen molar-refractivity contribution < 1.29 is 4.79 Å². The van der Waals surface area contributed by atoms with Crippen LogP contribution in [0, 0.1) is 17.8 Å². The molecule has 5 aliphatic carbocycles. The highest BCUT2D eigenvalue weighted by atomic mass is 32.2. The van der Waals surface area contributed by atoms with E-state index in [1.165, 1.54) is 50.3 Å². The van der Waals surface area contributed by atoms with Gasteiger partial charge in [0.2, 0.25) is 11.1 Å². The topological polar surface area (TPSA) is 85.8 Å². The van der Waals surface area contributed by atoms with Gasteiger partial charge >= 0.3 is 0 Å². The van der Waals surface area contributed by atoms with E-state index >= 15 is 0 Å². The number of nitrogens with one attached hydrogen (secondary N) is 1. The van der Waals surface area contributed by atoms with Gasteiger partial charge in [0.05, 0.1) is 5.75 Å². The van der Waals surface area contributed by atoms with Gasteiger partial charge in [0, 0.05) is 11.5 Å². The van der Waals surface area contributed by atoms with Crippen molar-refractivity contribution in [3.63, 3.8) is 0 Å². The van der Waals surface area contributed by atoms with E-state index in [0.29, 0.717) is 16.8 Å². The summed E-state index contributed by atoms with van der Waals surface area (Å²) in [5.74, 6) is 10.4. The van der Waals surface area contributed by atoms with Crippen molar-refractivity contribution in [1.82, 2.24) is 20.2 Å². The molecular formula is C17H25N5OS. The molecule has 4 bridgehead atoms. The van der Waals surface area contributed by atoms with Crippen LogP contribution in [0.4, 0.5) is 0 Å². The number of hydrogen-bond donors (Lipinski definition) is 2. The maximum atomic E-state index is 12.5. The predicted octanol–water partition coefficient (Wildman–Crippen LogP) is 2.05. The quantitative estimate of drug-likeness (QED) is 0.629. The van der Waals surface area contributed by atoms with E-state index in [0.717, 1.165) is 36.4 Å². The molecule has 0 spiro atoms. The number of nitrogens with zero attached hydrogens (tertiary/aromatic N) is 3. The maximum absolute atomic E-state index is 12.5. The van der Waals surface area contributed by atoms with Crippen molar-refractivity contribution in [1.29, 1.82) is 0 Å². The molecule has 1 aromatic rings. The number of rotatable bonds is 5. The number of amides is 1. The van der Waals surface area contributed by atoms with Gasteiger partial charge in [-0.05, 0) is 69.1 Å². The highest BCUT2D eigenvalue weighted by Gasteiger charge is 2.51. The summed E-state index contributed by atoms with van der Waals surface area (Å²) in [6, 6.07) is 0. The van der Waals surface area contributed by atoms with Crippen molar-refractivity contribution in [2.45, 2.75) is 68.0 Å². The van der Waals surface area contributed by atoms with Crippen LogP contribution in [0.15, 0.2) is 5.16 Å². The monoisotopic (exact) mass is 347 g/mol. The fourth-order valence-corrected chi connectivity index (χ4v) is 6.40. The van der Waals surface area contributed by atoms with Gasteiger partial charge in [-0.3, -0.25) is 4.79 Å². The number of nitrogens with two attached hydrogens (primary N) is 1. The van der Waals surface area contributed by atoms with Crippen LogP contribution in [0.1, 0.15) is 63.1 Å². The number of hydrogen-bond acceptors (Lipinski definition) is 5. The van der Waals surface area contributed by atoms with Crippen LogP contribution in [0.3, 0.4) is 0 Å². The molecule has 24 heavy (non-hydrogen) atoms. The molecule has 1 heterocycles. The fraction of sp³-hybridized carbons (Fsp3) is 0.824. The SMILES string of the molecule is Nn1c(SCC(=O)NC23CC4CC(CC(C4)C2)C3)nnc1C1CC1. The van der Waals surface area contributed by atoms with Gasteiger partial charge < -0.3 is 11.2 Å². The summed E-state index contributed by atoms with van der Waals surface area (Å²) < 4.78 is 1.57. The highest BCUT2D eigenvalue weighted by Crippen LogP contribution is 2.55. The lowest BCUT2D eigenvalue weighted by Gasteiger charge is -2.56. The van der Waals surface area contributed by atoms with Crippen molar-refractivity contribution in [2.24, 2.45) is 17.8 Å². The van der Waals surface area contributed by atoms with E-state index in [2.05, 4.69) is 15.5 Å². The van der Waals surface area contributed by atoms with E-state index in [-0.39, 0.29) is 11.4 Å². The average Bonchev–Trinajstić information content (AvgIpc) is 3.27. The standard InChI is InChI=1S/C17H25N5OS/c18-22-15(13-1-2-13)20-21-16(22)24-9-14(23)19-17-6-10-3-11(7-17)5-12(4-10)8-17/h10-13H,1-9,18H2,(H,19,23). The third-order valence-corrected chi connectivity index (χ3v) is 7.35. The first-order valence-corrected chi connectivity index (χ1v) is 10.2. The summed E-state index contributed by atoms with van der Waals surface area (Å²) >= 11 is 1.40. The Morgan fingerprint density at radius 3 is 2.38 bits per heavy atom. The van der Waals surface area contributed by atoms with Crippen LogP contribution in [0.5, 0.6) is 0 Å². The zero-order chi connectivity index (χ0) is 16.3. The normalized spacial score (nSPS) is 36.9. The van der Waals surface area contributed by atoms with Crippen molar-refractivity contribution in [3.05, 3.63) is 5.82 Å². The van der Waals surface area contributed by atoms with E-state index < -0.39 is 0 Å². The van der Waals surface area contributed by atoms with E-state index in [9.17, 15) is 4.79 Å². The van der Waals surface area contributed by atoms with Gasteiger partial charge in [0.25, 0.3) is 0 Å². The summed E-state index contributed by atoms with van der Waals surface area (Å²) in [7, 11) is 0. The van der Waals surface area contributed by atoms with Gasteiger partial charge in [-0.15, -0.1) is 10.2 Å². The van der Waals surface area contributed by atoms with Gasteiger partial charge in [0.15, 0.2) is 5.82 Å². The molecule has 5 aliphatic rings. The first-order valence-electron chi connectivity index (χ1n) is 9.24. The molecule has 0 aromatic carbocycles. The number of nitrogen functional groups attached to an aromatic ring is 1. The molecule has 0 atom stereocenters. The molecule has 7 heteroatoms. The molecule has 3 N–H and O–H groups in total. The van der Waals surface area contributed by atoms with Crippen LogP contribution in [-0.2, 0) is 4.79 Å². The maximum Gasteiger partial charge on any atom is 0.230 e. The molecule has 1 amide bonds. The van der Waals surface area contributed by atoms with Crippen LogP contribution >= 0.6 is 11.8 Å². The van der Waals surface area contributed by atoms with E-state index in [1.54, 1.807) is 4.68 Å². The largest absolute Gasteiger partial charge is 0.350 e. The summed E-state index contributed by atoms with van der Waals surface area (Å²) in [5.41, 5.74) is 0.0853. The molecular weight excluding hydrogens is 322 g/mol. The minimum Gasteiger partial charge on any atom is -0.350 e. The van der Waals surface area contributed by atoms with Crippen LogP contribution in [-0.4, -0.2) is 32.1 Å². The zero-order valence-electron chi connectivity index (χ0n) is 13.9. The van der Waals surface area contributed by atoms with Crippen molar-refractivity contribution in [3.8, 4) is 0 Å². The average molecular weight is 347 g/mol. The number of aromatic nitrogens is 3. The lowest BCUT2D eigenvalue weighted by atomic mass is 9.53. The van der Waals surface area contributed by atoms with Crippen molar-refractivity contribution in [2.75, 3.05) is 11.6 Å². The summed E-state index contributed by atoms with van der Waals surface area (Å²) in [6.45, 7) is 0. The number of thioether (sulfide) groups is 1. The van der Waals surface area contributed by atoms with Gasteiger partial charge in [-0.2, -0.15) is 0 Å². The molecule has 0 aliphatic heterocycles. The Kier molecular flexibility index (Phi) is 3.37. The minimum atomic E-state index is 0.0853. The number of carbonyl (C=O) groups is 1. The van der Waals surface area contributed by atoms with Crippen LogP contribution in [0.25, 0.3) is 0 Å². The molecule has 6 nitrogen and oxygen atoms in total. The molecule has 5 fully saturated rings. The predicted molar refractivity (Wildman–Crippen MR) is 91.9 cm³/mol. The van der Waals surface area contributed by atoms with Crippen LogP contribution < -0.4 is 11.2 Å². The Morgan fingerprint density at radius 1 is 1.17 bits per heavy atom. The Bertz CT molecular complexity index is 633. The second-order valence-corrected chi connectivity index (χ2v) is 9.46. The third kappa shape index (κ3) is 2.61. The lowest BCUT2D eigenvalue weighted by Crippen LogP contribution is -2.60. The summed E-state index contributed by atoms with van der Waals surface area (Å²) in [4.78, 5) is 12.5. The van der Waals surface area contributed by atoms with E-state index in [4.69, 9.17) is 5.84 Å². The van der Waals surface area contributed by atoms with E-state index in [1.807, 2.05) is 0 Å². The van der Waals surface area contributed by atoms with Gasteiger partial charge in [0.1, 0.15) is 0 Å². The first-order chi connectivity index (χ1) is 11.6. The fourth-order valence-electron chi connectivity index (χ4n) is 5.73. The third-order valence-electron chi connectivity index (χ3n) is 6.41. The van der Waals surface area contributed by atoms with Gasteiger partial charge in [-0.1, -0.05) is 11.8 Å². The zero-order valence-corrected chi connectivity index (χ0v) is 14.7. The first kappa shape index (κ1) is 15.0. The Hall–Kier alpha value is -1.24. The molecule has 0 unspecified atom stereocenters. The number of carbonyl (C=O) groups excluding carboxylic acids is 1. The molecule has 1 aromatic heterocycles. The Morgan fingerprint density at radius 2 is 1.79 bits per heavy atom. The molecule has 6 rings (SSSR count). The molecule has 0 saturated heterocycles. The minimum absolute atomic E-state index is 0.0853. The Labute approximate surface area is 146 Å². The van der Waals surface area contributed by atoms with Crippen molar-refractivity contribution >= 4 is 17.7 Å². The molecule has 0 radical (unpaired) electrons. The summed E-state index contributed by atoms with van der Waals surface area (Å²) in [6.07, 6.45) is 10.0.